The Hall–Kier alpha value is -6.39. The first kappa shape index (κ1) is 27.7. The quantitative estimate of drug-likeness (QED) is 0.195. The Kier molecular flexibility index (Phi) is 6.28. The van der Waals surface area contributed by atoms with E-state index in [0.29, 0.717) is 17.5 Å². The molecule has 2 aromatic heterocycles. The molecule has 0 amide bonds. The minimum absolute atomic E-state index is 0.625. The third kappa shape index (κ3) is 4.56. The van der Waals surface area contributed by atoms with Gasteiger partial charge in [-0.25, -0.2) is 15.0 Å². The molecule has 4 nitrogen and oxygen atoms in total. The fourth-order valence-electron chi connectivity index (χ4n) is 7.46. The Morgan fingerprint density at radius 1 is 0.490 bits per heavy atom. The number of fused-ring (bicyclic) bond motifs is 7. The van der Waals surface area contributed by atoms with Gasteiger partial charge in [0.1, 0.15) is 11.2 Å². The van der Waals surface area contributed by atoms with E-state index in [9.17, 15) is 0 Å². The molecule has 4 heteroatoms. The molecular formula is C45H29N3O. The molecule has 0 atom stereocenters. The van der Waals surface area contributed by atoms with Crippen LogP contribution in [-0.2, 0) is 6.42 Å². The average Bonchev–Trinajstić information content (AvgIpc) is 3.57. The highest BCUT2D eigenvalue weighted by Gasteiger charge is 2.22. The Bertz CT molecular complexity index is 2780. The van der Waals surface area contributed by atoms with E-state index in [-0.39, 0.29) is 0 Å². The number of nitrogens with zero attached hydrogens (tertiary/aromatic N) is 3. The number of rotatable bonds is 4. The van der Waals surface area contributed by atoms with Gasteiger partial charge in [-0.15, -0.1) is 0 Å². The van der Waals surface area contributed by atoms with E-state index in [0.717, 1.165) is 68.0 Å². The van der Waals surface area contributed by atoms with Gasteiger partial charge in [0.25, 0.3) is 0 Å². The summed E-state index contributed by atoms with van der Waals surface area (Å²) in [6.45, 7) is 0. The standard InChI is InChI=1S/C45H29N3O/c1-2-13-29(14-3-1)34-20-10-21-37-41-38(22-11-23-40(41)49-42(34)37)44-46-43(32-25-24-28-12-4-5-15-30(28)26-32)47-45(48-44)39-27-31-16-6-7-17-33(31)35-18-8-9-19-36(35)39/h1-8,10-18,20-27H,9,19H2. The van der Waals surface area contributed by atoms with Gasteiger partial charge in [-0.2, -0.15) is 0 Å². The summed E-state index contributed by atoms with van der Waals surface area (Å²) in [7, 11) is 0. The van der Waals surface area contributed by atoms with E-state index in [1.807, 2.05) is 18.2 Å². The molecule has 0 spiro atoms. The minimum atomic E-state index is 0.625. The predicted molar refractivity (Wildman–Crippen MR) is 201 cm³/mol. The van der Waals surface area contributed by atoms with Crippen molar-refractivity contribution in [3.05, 3.63) is 157 Å². The molecule has 9 aromatic rings. The maximum atomic E-state index is 6.62. The van der Waals surface area contributed by atoms with Gasteiger partial charge < -0.3 is 4.42 Å². The van der Waals surface area contributed by atoms with Crippen LogP contribution >= 0.6 is 0 Å². The van der Waals surface area contributed by atoms with Crippen molar-refractivity contribution in [1.29, 1.82) is 0 Å². The molecular weight excluding hydrogens is 599 g/mol. The zero-order valence-corrected chi connectivity index (χ0v) is 26.6. The van der Waals surface area contributed by atoms with Gasteiger partial charge in [0.05, 0.1) is 0 Å². The SMILES string of the molecule is C1=Cc2c(c(-c3nc(-c4ccc5ccccc5c4)nc(-c4cccc5oc6c(-c7ccccc7)cccc6c45)n3)cc3ccccc23)CC1. The summed E-state index contributed by atoms with van der Waals surface area (Å²) in [5.41, 5.74) is 9.30. The van der Waals surface area contributed by atoms with Crippen molar-refractivity contribution in [1.82, 2.24) is 15.0 Å². The second kappa shape index (κ2) is 11.1. The van der Waals surface area contributed by atoms with Crippen LogP contribution in [-0.4, -0.2) is 15.0 Å². The maximum Gasteiger partial charge on any atom is 0.164 e. The van der Waals surface area contributed by atoms with Crippen molar-refractivity contribution < 1.29 is 4.42 Å². The molecule has 2 heterocycles. The summed E-state index contributed by atoms with van der Waals surface area (Å²) in [6.07, 6.45) is 6.45. The highest BCUT2D eigenvalue weighted by Crippen LogP contribution is 2.41. The number of furan rings is 1. The highest BCUT2D eigenvalue weighted by molar-refractivity contribution is 6.15. The molecule has 49 heavy (non-hydrogen) atoms. The van der Waals surface area contributed by atoms with Crippen molar-refractivity contribution in [2.24, 2.45) is 0 Å². The second-order valence-electron chi connectivity index (χ2n) is 12.7. The topological polar surface area (TPSA) is 51.8 Å². The number of benzene rings is 7. The van der Waals surface area contributed by atoms with Crippen molar-refractivity contribution in [2.75, 3.05) is 0 Å². The fourth-order valence-corrected chi connectivity index (χ4v) is 7.46. The first-order valence-electron chi connectivity index (χ1n) is 16.8. The first-order chi connectivity index (χ1) is 24.3. The lowest BCUT2D eigenvalue weighted by Crippen LogP contribution is -2.05. The van der Waals surface area contributed by atoms with Crippen LogP contribution in [0.5, 0.6) is 0 Å². The van der Waals surface area contributed by atoms with E-state index in [4.69, 9.17) is 19.4 Å². The molecule has 0 N–H and O–H groups in total. The van der Waals surface area contributed by atoms with Crippen LogP contribution in [0, 0.1) is 0 Å². The van der Waals surface area contributed by atoms with Crippen molar-refractivity contribution in [2.45, 2.75) is 12.8 Å². The van der Waals surface area contributed by atoms with Crippen LogP contribution in [0.4, 0.5) is 0 Å². The van der Waals surface area contributed by atoms with Crippen LogP contribution < -0.4 is 0 Å². The molecule has 230 valence electrons. The Morgan fingerprint density at radius 3 is 2.10 bits per heavy atom. The average molecular weight is 628 g/mol. The Labute approximate surface area is 283 Å². The third-order valence-corrected chi connectivity index (χ3v) is 9.78. The number of hydrogen-bond donors (Lipinski definition) is 0. The monoisotopic (exact) mass is 627 g/mol. The van der Waals surface area contributed by atoms with Crippen LogP contribution in [0.1, 0.15) is 17.5 Å². The summed E-state index contributed by atoms with van der Waals surface area (Å²) >= 11 is 0. The van der Waals surface area contributed by atoms with Gasteiger partial charge in [-0.05, 0) is 69.3 Å². The summed E-state index contributed by atoms with van der Waals surface area (Å²) in [4.78, 5) is 15.8. The lowest BCUT2D eigenvalue weighted by atomic mass is 9.88. The van der Waals surface area contributed by atoms with E-state index < -0.39 is 0 Å². The molecule has 0 fully saturated rings. The molecule has 10 rings (SSSR count). The van der Waals surface area contributed by atoms with E-state index in [1.165, 1.54) is 27.3 Å². The molecule has 1 aliphatic carbocycles. The largest absolute Gasteiger partial charge is 0.455 e. The second-order valence-corrected chi connectivity index (χ2v) is 12.7. The van der Waals surface area contributed by atoms with Crippen LogP contribution in [0.15, 0.2) is 150 Å². The molecule has 0 bridgehead atoms. The molecule has 0 radical (unpaired) electrons. The van der Waals surface area contributed by atoms with Gasteiger partial charge in [0.2, 0.25) is 0 Å². The minimum Gasteiger partial charge on any atom is -0.455 e. The number of para-hydroxylation sites is 1. The Balaban J connectivity index is 1.26. The van der Waals surface area contributed by atoms with Crippen LogP contribution in [0.3, 0.4) is 0 Å². The summed E-state index contributed by atoms with van der Waals surface area (Å²) in [5.74, 6) is 1.95. The highest BCUT2D eigenvalue weighted by atomic mass is 16.3. The van der Waals surface area contributed by atoms with E-state index in [2.05, 4.69) is 133 Å². The molecule has 1 aliphatic rings. The Morgan fingerprint density at radius 2 is 1.20 bits per heavy atom. The lowest BCUT2D eigenvalue weighted by molar-refractivity contribution is 0.670. The first-order valence-corrected chi connectivity index (χ1v) is 16.8. The molecule has 7 aromatic carbocycles. The fraction of sp³-hybridized carbons (Fsp3) is 0.0444. The summed E-state index contributed by atoms with van der Waals surface area (Å²) < 4.78 is 6.62. The van der Waals surface area contributed by atoms with Crippen molar-refractivity contribution >= 4 is 49.6 Å². The smallest absolute Gasteiger partial charge is 0.164 e. The molecule has 0 saturated heterocycles. The summed E-state index contributed by atoms with van der Waals surface area (Å²) in [5, 5.41) is 6.79. The number of hydrogen-bond acceptors (Lipinski definition) is 4. The van der Waals surface area contributed by atoms with E-state index in [1.54, 1.807) is 0 Å². The van der Waals surface area contributed by atoms with Crippen LogP contribution in [0.2, 0.25) is 0 Å². The van der Waals surface area contributed by atoms with Gasteiger partial charge in [0, 0.05) is 33.0 Å². The number of allylic oxidation sites excluding steroid dienone is 1. The normalized spacial score (nSPS) is 12.7. The molecule has 0 aliphatic heterocycles. The lowest BCUT2D eigenvalue weighted by Gasteiger charge is -2.18. The van der Waals surface area contributed by atoms with Gasteiger partial charge in [0.15, 0.2) is 17.5 Å². The van der Waals surface area contributed by atoms with Gasteiger partial charge in [-0.1, -0.05) is 133 Å². The molecule has 0 unspecified atom stereocenters. The van der Waals surface area contributed by atoms with Gasteiger partial charge in [-0.3, -0.25) is 0 Å². The summed E-state index contributed by atoms with van der Waals surface area (Å²) in [6, 6.07) is 48.6. The van der Waals surface area contributed by atoms with Gasteiger partial charge >= 0.3 is 0 Å². The zero-order valence-electron chi connectivity index (χ0n) is 26.6. The van der Waals surface area contributed by atoms with Crippen LogP contribution in [0.25, 0.3) is 94.8 Å². The van der Waals surface area contributed by atoms with Crippen molar-refractivity contribution in [3.8, 4) is 45.3 Å². The number of aromatic nitrogens is 3. The van der Waals surface area contributed by atoms with Crippen molar-refractivity contribution in [3.63, 3.8) is 0 Å². The molecule has 0 saturated carbocycles. The zero-order chi connectivity index (χ0) is 32.3. The van der Waals surface area contributed by atoms with E-state index >= 15 is 0 Å². The maximum absolute atomic E-state index is 6.62. The predicted octanol–water partition coefficient (Wildman–Crippen LogP) is 11.7. The third-order valence-electron chi connectivity index (χ3n) is 9.78.